The van der Waals surface area contributed by atoms with E-state index in [2.05, 4.69) is 37.5 Å². The number of allylic oxidation sites excluding steroid dienone is 5. The highest BCUT2D eigenvalue weighted by Gasteiger charge is 2.24. The summed E-state index contributed by atoms with van der Waals surface area (Å²) in [6, 6.07) is 0. The molecule has 2 N–H and O–H groups in total. The van der Waals surface area contributed by atoms with E-state index >= 15 is 0 Å². The van der Waals surface area contributed by atoms with Gasteiger partial charge in [-0.3, -0.25) is 9.05 Å². The third kappa shape index (κ3) is 12.4. The predicted octanol–water partition coefficient (Wildman–Crippen LogP) is 5.46. The molecular weight excluding hydrogens is 313 g/mol. The van der Waals surface area contributed by atoms with Gasteiger partial charge in [0.15, 0.2) is 0 Å². The summed E-state index contributed by atoms with van der Waals surface area (Å²) in [6.45, 7) is 10.5. The highest BCUT2D eigenvalue weighted by Crippen LogP contribution is 2.47. The van der Waals surface area contributed by atoms with Crippen molar-refractivity contribution in [1.29, 1.82) is 0 Å². The fourth-order valence-corrected chi connectivity index (χ4v) is 2.64. The van der Waals surface area contributed by atoms with Crippen LogP contribution < -0.4 is 5.90 Å². The molecule has 5 nitrogen and oxygen atoms in total. The zero-order valence-electron chi connectivity index (χ0n) is 15.1. The molecule has 1 atom stereocenters. The summed E-state index contributed by atoms with van der Waals surface area (Å²) in [5, 5.41) is 0. The molecule has 0 aromatic heterocycles. The van der Waals surface area contributed by atoms with Crippen molar-refractivity contribution >= 4 is 7.82 Å². The van der Waals surface area contributed by atoms with Crippen LogP contribution in [0.3, 0.4) is 0 Å². The highest BCUT2D eigenvalue weighted by atomic mass is 31.2. The van der Waals surface area contributed by atoms with Gasteiger partial charge in [0.2, 0.25) is 0 Å². The molecule has 0 amide bonds. The Bertz CT molecular complexity index is 465. The van der Waals surface area contributed by atoms with E-state index in [0.29, 0.717) is 0 Å². The SMILES string of the molecule is CCOP(=O)(ON)OCC=C(C)CCC=C(C)CCC=C(C)C. The minimum atomic E-state index is -3.60. The van der Waals surface area contributed by atoms with E-state index in [-0.39, 0.29) is 13.2 Å². The minimum Gasteiger partial charge on any atom is -0.286 e. The van der Waals surface area contributed by atoms with Crippen molar-refractivity contribution in [3.8, 4) is 0 Å². The van der Waals surface area contributed by atoms with Crippen molar-refractivity contribution in [1.82, 2.24) is 0 Å². The highest BCUT2D eigenvalue weighted by molar-refractivity contribution is 7.48. The van der Waals surface area contributed by atoms with Crippen LogP contribution in [0.5, 0.6) is 0 Å². The van der Waals surface area contributed by atoms with Gasteiger partial charge in [-0.15, -0.1) is 0 Å². The van der Waals surface area contributed by atoms with E-state index in [4.69, 9.17) is 14.9 Å². The second kappa shape index (κ2) is 12.7. The maximum Gasteiger partial charge on any atom is 0.491 e. The van der Waals surface area contributed by atoms with Crippen LogP contribution in [0.15, 0.2) is 34.9 Å². The van der Waals surface area contributed by atoms with Gasteiger partial charge in [0.05, 0.1) is 13.2 Å². The zero-order chi connectivity index (χ0) is 17.7. The fourth-order valence-electron chi connectivity index (χ4n) is 1.87. The van der Waals surface area contributed by atoms with E-state index in [1.54, 1.807) is 6.92 Å². The summed E-state index contributed by atoms with van der Waals surface area (Å²) in [5.41, 5.74) is 3.93. The van der Waals surface area contributed by atoms with Gasteiger partial charge in [-0.1, -0.05) is 34.9 Å². The van der Waals surface area contributed by atoms with Crippen LogP contribution >= 0.6 is 7.82 Å². The predicted molar refractivity (Wildman–Crippen MR) is 95.9 cm³/mol. The second-order valence-electron chi connectivity index (χ2n) is 5.73. The fraction of sp³-hybridized carbons (Fsp3) is 0.647. The van der Waals surface area contributed by atoms with Gasteiger partial charge in [-0.2, -0.15) is 0 Å². The molecule has 23 heavy (non-hydrogen) atoms. The lowest BCUT2D eigenvalue weighted by Gasteiger charge is -2.12. The lowest BCUT2D eigenvalue weighted by molar-refractivity contribution is 0.127. The lowest BCUT2D eigenvalue weighted by Crippen LogP contribution is -2.04. The van der Waals surface area contributed by atoms with Crippen molar-refractivity contribution in [3.63, 3.8) is 0 Å². The van der Waals surface area contributed by atoms with E-state index in [0.717, 1.165) is 25.7 Å². The standard InChI is InChI=1S/C17H32NO4P/c1-6-20-23(19,22-18)21-14-13-17(5)12-8-11-16(4)10-7-9-15(2)3/h9,11,13H,6-8,10,12,14,18H2,1-5H3. The second-order valence-corrected chi connectivity index (χ2v) is 7.35. The average molecular weight is 345 g/mol. The molecule has 0 aromatic rings. The maximum atomic E-state index is 11.8. The largest absolute Gasteiger partial charge is 0.491 e. The number of phosphoric ester groups is 1. The molecule has 0 aliphatic rings. The van der Waals surface area contributed by atoms with E-state index < -0.39 is 7.82 Å². The van der Waals surface area contributed by atoms with Gasteiger partial charge in [-0.25, -0.2) is 15.1 Å². The Morgan fingerprint density at radius 2 is 1.52 bits per heavy atom. The minimum absolute atomic E-state index is 0.156. The molecule has 0 radical (unpaired) electrons. The molecule has 0 fully saturated rings. The Labute approximate surface area is 141 Å². The Hall–Kier alpha value is -0.710. The first-order chi connectivity index (χ1) is 10.8. The average Bonchev–Trinajstić information content (AvgIpc) is 2.47. The van der Waals surface area contributed by atoms with Crippen molar-refractivity contribution in [2.75, 3.05) is 13.2 Å². The Balaban J connectivity index is 4.11. The zero-order valence-corrected chi connectivity index (χ0v) is 16.0. The van der Waals surface area contributed by atoms with Crippen LogP contribution in [0.4, 0.5) is 0 Å². The number of hydrogen-bond acceptors (Lipinski definition) is 5. The summed E-state index contributed by atoms with van der Waals surface area (Å²) in [4.78, 5) is 0. The molecule has 0 bridgehead atoms. The topological polar surface area (TPSA) is 70.8 Å². The van der Waals surface area contributed by atoms with Crippen LogP contribution in [0.25, 0.3) is 0 Å². The summed E-state index contributed by atoms with van der Waals surface area (Å²) in [7, 11) is -3.60. The van der Waals surface area contributed by atoms with Crippen LogP contribution in [0.2, 0.25) is 0 Å². The van der Waals surface area contributed by atoms with Crippen molar-refractivity contribution < 1.29 is 18.2 Å². The summed E-state index contributed by atoms with van der Waals surface area (Å²) < 4.78 is 26.0. The molecule has 134 valence electrons. The first kappa shape index (κ1) is 22.3. The number of phosphoric acid groups is 1. The first-order valence-corrected chi connectivity index (χ1v) is 9.51. The smallest absolute Gasteiger partial charge is 0.286 e. The third-order valence-corrected chi connectivity index (χ3v) is 4.50. The normalized spacial score (nSPS) is 15.4. The van der Waals surface area contributed by atoms with E-state index in [1.807, 2.05) is 13.0 Å². The molecule has 0 rings (SSSR count). The number of nitrogens with two attached hydrogens (primary N) is 1. The van der Waals surface area contributed by atoms with Gasteiger partial charge in [0, 0.05) is 0 Å². The molecule has 1 unspecified atom stereocenters. The summed E-state index contributed by atoms with van der Waals surface area (Å²) in [6.07, 6.45) is 10.5. The summed E-state index contributed by atoms with van der Waals surface area (Å²) >= 11 is 0. The molecule has 0 aliphatic carbocycles. The molecule has 0 heterocycles. The van der Waals surface area contributed by atoms with Crippen molar-refractivity contribution in [2.45, 2.75) is 60.3 Å². The Kier molecular flexibility index (Phi) is 12.3. The number of hydrogen-bond donors (Lipinski definition) is 1. The van der Waals surface area contributed by atoms with E-state index in [1.165, 1.54) is 16.7 Å². The van der Waals surface area contributed by atoms with Gasteiger partial charge in [-0.05, 0) is 60.3 Å². The van der Waals surface area contributed by atoms with Crippen LogP contribution in [-0.4, -0.2) is 13.2 Å². The van der Waals surface area contributed by atoms with Crippen molar-refractivity contribution in [2.24, 2.45) is 5.90 Å². The van der Waals surface area contributed by atoms with Crippen LogP contribution in [-0.2, 0) is 18.2 Å². The molecule has 0 aliphatic heterocycles. The molecule has 0 saturated carbocycles. The molecule has 0 aromatic carbocycles. The molecule has 6 heteroatoms. The van der Waals surface area contributed by atoms with E-state index in [9.17, 15) is 4.57 Å². The quantitative estimate of drug-likeness (QED) is 0.289. The van der Waals surface area contributed by atoms with Crippen LogP contribution in [0, 0.1) is 0 Å². The van der Waals surface area contributed by atoms with Crippen molar-refractivity contribution in [3.05, 3.63) is 34.9 Å². The maximum absolute atomic E-state index is 11.8. The van der Waals surface area contributed by atoms with Crippen LogP contribution in [0.1, 0.15) is 60.3 Å². The number of rotatable bonds is 12. The third-order valence-electron chi connectivity index (χ3n) is 3.20. The monoisotopic (exact) mass is 345 g/mol. The van der Waals surface area contributed by atoms with Gasteiger partial charge < -0.3 is 0 Å². The van der Waals surface area contributed by atoms with Gasteiger partial charge in [0.1, 0.15) is 0 Å². The lowest BCUT2D eigenvalue weighted by atomic mass is 10.1. The molecule has 0 spiro atoms. The van der Waals surface area contributed by atoms with Gasteiger partial charge >= 0.3 is 7.82 Å². The summed E-state index contributed by atoms with van der Waals surface area (Å²) in [5.74, 6) is 4.94. The molecule has 0 saturated heterocycles. The molecular formula is C17H32NO4P. The van der Waals surface area contributed by atoms with Gasteiger partial charge in [0.25, 0.3) is 0 Å². The first-order valence-electron chi connectivity index (χ1n) is 8.05. The Morgan fingerprint density at radius 1 is 0.957 bits per heavy atom. The Morgan fingerprint density at radius 3 is 2.04 bits per heavy atom.